The van der Waals surface area contributed by atoms with Crippen molar-refractivity contribution in [3.8, 4) is 10.7 Å². The quantitative estimate of drug-likeness (QED) is 0.610. The second-order valence-corrected chi connectivity index (χ2v) is 7.10. The summed E-state index contributed by atoms with van der Waals surface area (Å²) in [6.07, 6.45) is -4.13. The Morgan fingerprint density at radius 1 is 1.22 bits per heavy atom. The van der Waals surface area contributed by atoms with Crippen LogP contribution in [0, 0.1) is 5.82 Å². The van der Waals surface area contributed by atoms with Crippen LogP contribution in [0.5, 0.6) is 0 Å². The highest BCUT2D eigenvalue weighted by Gasteiger charge is 2.38. The molecule has 0 aliphatic carbocycles. The Bertz CT molecular complexity index is 995. The van der Waals surface area contributed by atoms with Gasteiger partial charge in [-0.2, -0.15) is 18.2 Å². The predicted octanol–water partition coefficient (Wildman–Crippen LogP) is 4.15. The summed E-state index contributed by atoms with van der Waals surface area (Å²) >= 11 is 1.28. The second kappa shape index (κ2) is 6.45. The predicted molar refractivity (Wildman–Crippen MR) is 87.5 cm³/mol. The van der Waals surface area contributed by atoms with Gasteiger partial charge in [-0.1, -0.05) is 5.16 Å². The van der Waals surface area contributed by atoms with Crippen molar-refractivity contribution in [3.05, 3.63) is 58.0 Å². The molecule has 0 saturated heterocycles. The number of nitrogens with zero attached hydrogens (tertiary/aromatic N) is 3. The topological polar surface area (TPSA) is 59.2 Å². The first-order valence-corrected chi connectivity index (χ1v) is 8.70. The summed E-state index contributed by atoms with van der Waals surface area (Å²) in [5.74, 6) is -2.17. The molecule has 0 saturated carbocycles. The van der Waals surface area contributed by atoms with Gasteiger partial charge in [0.05, 0.1) is 4.88 Å². The fraction of sp³-hybridized carbons (Fsp3) is 0.235. The molecule has 1 aliphatic heterocycles. The van der Waals surface area contributed by atoms with Crippen LogP contribution in [0.15, 0.2) is 34.9 Å². The number of rotatable bonds is 2. The lowest BCUT2D eigenvalue weighted by Gasteiger charge is -2.27. The number of thiophene rings is 1. The van der Waals surface area contributed by atoms with Crippen LogP contribution in [-0.2, 0) is 19.1 Å². The third kappa shape index (κ3) is 3.44. The molecule has 0 bridgehead atoms. The van der Waals surface area contributed by atoms with Crippen LogP contribution < -0.4 is 0 Å². The zero-order valence-electron chi connectivity index (χ0n) is 13.6. The summed E-state index contributed by atoms with van der Waals surface area (Å²) in [6.45, 7) is 0.773. The summed E-state index contributed by atoms with van der Waals surface area (Å²) in [5, 5.41) is 3.39. The minimum Gasteiger partial charge on any atom is -0.334 e. The number of amides is 1. The Morgan fingerprint density at radius 2 is 1.96 bits per heavy atom. The van der Waals surface area contributed by atoms with Crippen molar-refractivity contribution in [2.75, 3.05) is 6.54 Å². The number of hydrogen-bond acceptors (Lipinski definition) is 5. The van der Waals surface area contributed by atoms with E-state index in [1.807, 2.05) is 0 Å². The van der Waals surface area contributed by atoms with E-state index in [9.17, 15) is 22.4 Å². The first-order chi connectivity index (χ1) is 12.8. The SMILES string of the molecule is O=C(c1ccc(F)cc1)N1CCc2sc(-c3noc(C(F)(F)F)n3)cc2C1. The van der Waals surface area contributed by atoms with E-state index < -0.39 is 17.9 Å². The Balaban J connectivity index is 1.55. The highest BCUT2D eigenvalue weighted by Crippen LogP contribution is 2.35. The third-order valence-corrected chi connectivity index (χ3v) is 5.37. The molecular formula is C17H11F4N3O2S. The number of hydrogen-bond donors (Lipinski definition) is 0. The van der Waals surface area contributed by atoms with Crippen molar-refractivity contribution in [1.82, 2.24) is 15.0 Å². The number of carbonyl (C=O) groups is 1. The molecule has 0 atom stereocenters. The lowest BCUT2D eigenvalue weighted by atomic mass is 10.1. The average Bonchev–Trinajstić information content (AvgIpc) is 3.27. The molecule has 0 N–H and O–H groups in total. The number of alkyl halides is 3. The molecule has 4 rings (SSSR count). The van der Waals surface area contributed by atoms with E-state index in [4.69, 9.17) is 0 Å². The van der Waals surface area contributed by atoms with Crippen LogP contribution >= 0.6 is 11.3 Å². The summed E-state index contributed by atoms with van der Waals surface area (Å²) < 4.78 is 55.1. The minimum absolute atomic E-state index is 0.127. The number of halogens is 4. The first kappa shape index (κ1) is 17.7. The Kier molecular flexibility index (Phi) is 4.22. The van der Waals surface area contributed by atoms with Gasteiger partial charge in [0.15, 0.2) is 0 Å². The maximum Gasteiger partial charge on any atom is 0.471 e. The molecule has 3 aromatic rings. The highest BCUT2D eigenvalue weighted by molar-refractivity contribution is 7.15. The summed E-state index contributed by atoms with van der Waals surface area (Å²) in [5.41, 5.74) is 1.21. The van der Waals surface area contributed by atoms with Crippen LogP contribution in [-0.4, -0.2) is 27.5 Å². The number of carbonyl (C=O) groups excluding carboxylic acids is 1. The van der Waals surface area contributed by atoms with Crippen LogP contribution in [0.1, 0.15) is 26.7 Å². The van der Waals surface area contributed by atoms with Gasteiger partial charge < -0.3 is 9.42 Å². The summed E-state index contributed by atoms with van der Waals surface area (Å²) in [4.78, 5) is 19.0. The molecule has 10 heteroatoms. The summed E-state index contributed by atoms with van der Waals surface area (Å²) in [7, 11) is 0. The van der Waals surface area contributed by atoms with Gasteiger partial charge in [-0.15, -0.1) is 11.3 Å². The van der Waals surface area contributed by atoms with E-state index in [1.165, 1.54) is 35.6 Å². The van der Waals surface area contributed by atoms with Crippen LogP contribution in [0.4, 0.5) is 17.6 Å². The number of benzene rings is 1. The highest BCUT2D eigenvalue weighted by atomic mass is 32.1. The number of aromatic nitrogens is 2. The zero-order valence-corrected chi connectivity index (χ0v) is 14.4. The molecule has 1 aliphatic rings. The van der Waals surface area contributed by atoms with E-state index >= 15 is 0 Å². The summed E-state index contributed by atoms with van der Waals surface area (Å²) in [6, 6.07) is 6.96. The van der Waals surface area contributed by atoms with Gasteiger partial charge >= 0.3 is 12.1 Å². The third-order valence-electron chi connectivity index (χ3n) is 4.13. The normalized spacial score (nSPS) is 14.3. The average molecular weight is 397 g/mol. The van der Waals surface area contributed by atoms with Gasteiger partial charge in [-0.05, 0) is 42.3 Å². The van der Waals surface area contributed by atoms with E-state index in [0.717, 1.165) is 10.4 Å². The molecule has 5 nitrogen and oxygen atoms in total. The number of fused-ring (bicyclic) bond motifs is 1. The molecular weight excluding hydrogens is 386 g/mol. The Labute approximate surface area is 154 Å². The smallest absolute Gasteiger partial charge is 0.334 e. The van der Waals surface area contributed by atoms with Crippen molar-refractivity contribution in [3.63, 3.8) is 0 Å². The molecule has 3 heterocycles. The lowest BCUT2D eigenvalue weighted by Crippen LogP contribution is -2.35. The van der Waals surface area contributed by atoms with Gasteiger partial charge in [-0.3, -0.25) is 4.79 Å². The fourth-order valence-corrected chi connectivity index (χ4v) is 3.92. The maximum absolute atomic E-state index is 13.0. The lowest BCUT2D eigenvalue weighted by molar-refractivity contribution is -0.159. The molecule has 0 spiro atoms. The van der Waals surface area contributed by atoms with E-state index in [0.29, 0.717) is 30.0 Å². The van der Waals surface area contributed by atoms with Crippen molar-refractivity contribution in [2.24, 2.45) is 0 Å². The van der Waals surface area contributed by atoms with Crippen molar-refractivity contribution >= 4 is 17.2 Å². The molecule has 0 unspecified atom stereocenters. The molecule has 1 aromatic carbocycles. The van der Waals surface area contributed by atoms with E-state index in [2.05, 4.69) is 14.7 Å². The van der Waals surface area contributed by atoms with E-state index in [-0.39, 0.29) is 11.7 Å². The van der Waals surface area contributed by atoms with Crippen LogP contribution in [0.3, 0.4) is 0 Å². The van der Waals surface area contributed by atoms with E-state index in [1.54, 1.807) is 11.0 Å². The Morgan fingerprint density at radius 3 is 2.63 bits per heavy atom. The van der Waals surface area contributed by atoms with Gasteiger partial charge in [0.1, 0.15) is 5.82 Å². The van der Waals surface area contributed by atoms with Crippen molar-refractivity contribution < 1.29 is 26.9 Å². The fourth-order valence-electron chi connectivity index (χ4n) is 2.83. The van der Waals surface area contributed by atoms with Crippen molar-refractivity contribution in [1.29, 1.82) is 0 Å². The molecule has 27 heavy (non-hydrogen) atoms. The van der Waals surface area contributed by atoms with Crippen molar-refractivity contribution in [2.45, 2.75) is 19.1 Å². The molecule has 0 fully saturated rings. The molecule has 1 amide bonds. The maximum atomic E-state index is 13.0. The largest absolute Gasteiger partial charge is 0.471 e. The van der Waals surface area contributed by atoms with Gasteiger partial charge in [0, 0.05) is 23.5 Å². The standard InChI is InChI=1S/C17H11F4N3O2S/c18-11-3-1-9(2-4-11)15(25)24-6-5-12-10(8-24)7-13(27-12)14-22-16(26-23-14)17(19,20)21/h1-4,7H,5-6,8H2. The minimum atomic E-state index is -4.69. The van der Waals surface area contributed by atoms with Gasteiger partial charge in [-0.25, -0.2) is 4.39 Å². The monoisotopic (exact) mass is 397 g/mol. The molecule has 140 valence electrons. The molecule has 0 radical (unpaired) electrons. The second-order valence-electron chi connectivity index (χ2n) is 5.96. The molecule has 2 aromatic heterocycles. The van der Waals surface area contributed by atoms with Crippen LogP contribution in [0.25, 0.3) is 10.7 Å². The van der Waals surface area contributed by atoms with Gasteiger partial charge in [0.25, 0.3) is 5.91 Å². The van der Waals surface area contributed by atoms with Gasteiger partial charge in [0.2, 0.25) is 5.82 Å². The van der Waals surface area contributed by atoms with Crippen LogP contribution in [0.2, 0.25) is 0 Å². The Hall–Kier alpha value is -2.75. The zero-order chi connectivity index (χ0) is 19.2. The first-order valence-electron chi connectivity index (χ1n) is 7.89.